The lowest BCUT2D eigenvalue weighted by atomic mass is 10.1. The van der Waals surface area contributed by atoms with Gasteiger partial charge in [0.1, 0.15) is 5.75 Å². The second-order valence-corrected chi connectivity index (χ2v) is 8.25. The lowest BCUT2D eigenvalue weighted by molar-refractivity contribution is -0.118. The van der Waals surface area contributed by atoms with Crippen molar-refractivity contribution in [2.45, 2.75) is 66.7 Å². The molecule has 3 N–H and O–H groups in total. The number of ketones is 1. The van der Waals surface area contributed by atoms with Gasteiger partial charge in [0.2, 0.25) is 6.41 Å². The highest BCUT2D eigenvalue weighted by Crippen LogP contribution is 2.24. The first-order chi connectivity index (χ1) is 17.2. The molecular formula is C28H43N3O5. The van der Waals surface area contributed by atoms with Gasteiger partial charge in [-0.25, -0.2) is 0 Å². The molecule has 0 aliphatic carbocycles. The summed E-state index contributed by atoms with van der Waals surface area (Å²) in [5, 5.41) is 15.5. The van der Waals surface area contributed by atoms with Crippen LogP contribution in [0.4, 0.5) is 5.69 Å². The predicted molar refractivity (Wildman–Crippen MR) is 146 cm³/mol. The van der Waals surface area contributed by atoms with Crippen molar-refractivity contribution in [3.63, 3.8) is 0 Å². The van der Waals surface area contributed by atoms with Gasteiger partial charge in [0, 0.05) is 43.4 Å². The molecule has 0 radical (unpaired) electrons. The van der Waals surface area contributed by atoms with Crippen LogP contribution in [0.1, 0.15) is 77.1 Å². The molecule has 0 saturated carbocycles. The van der Waals surface area contributed by atoms with Gasteiger partial charge >= 0.3 is 0 Å². The molecule has 1 aromatic rings. The zero-order valence-corrected chi connectivity index (χ0v) is 22.4. The highest BCUT2D eigenvalue weighted by atomic mass is 16.5. The van der Waals surface area contributed by atoms with E-state index >= 15 is 0 Å². The van der Waals surface area contributed by atoms with Gasteiger partial charge in [-0.3, -0.25) is 14.4 Å². The number of aromatic hydroxyl groups is 1. The van der Waals surface area contributed by atoms with Crippen molar-refractivity contribution in [3.8, 4) is 5.75 Å². The first kappa shape index (κ1) is 32.5. The van der Waals surface area contributed by atoms with Crippen LogP contribution in [0, 0.1) is 0 Å². The Morgan fingerprint density at radius 2 is 1.86 bits per heavy atom. The number of allylic oxidation sites excluding steroid dienone is 2. The normalized spacial score (nSPS) is 10.8. The van der Waals surface area contributed by atoms with Crippen LogP contribution in [0.25, 0.3) is 0 Å². The molecule has 0 atom stereocenters. The molecule has 1 rings (SSSR count). The zero-order chi connectivity index (χ0) is 27.3. The van der Waals surface area contributed by atoms with Crippen LogP contribution in [0.15, 0.2) is 54.6 Å². The van der Waals surface area contributed by atoms with E-state index in [-0.39, 0.29) is 23.1 Å². The highest BCUT2D eigenvalue weighted by Gasteiger charge is 2.10. The second-order valence-electron chi connectivity index (χ2n) is 8.25. The first-order valence-corrected chi connectivity index (χ1v) is 12.4. The largest absolute Gasteiger partial charge is 0.506 e. The molecule has 200 valence electrons. The number of unbranched alkanes of at least 4 members (excludes halogenated alkanes) is 1. The summed E-state index contributed by atoms with van der Waals surface area (Å²) in [6.45, 7) is 15.0. The molecule has 0 fully saturated rings. The zero-order valence-electron chi connectivity index (χ0n) is 22.4. The molecule has 0 unspecified atom stereocenters. The number of phenolic OH excluding ortho intramolecular Hbond substituents is 1. The number of benzene rings is 1. The number of rotatable bonds is 16. The SMILES string of the molecule is C=C(CCC)O/C=C\C.CCCN(C=O)CCCCN/C=C(\C)C(=O)Nc1cc(C(C)=O)ccc1O. The lowest BCUT2D eigenvalue weighted by Crippen LogP contribution is -2.24. The van der Waals surface area contributed by atoms with Gasteiger partial charge in [-0.1, -0.05) is 26.5 Å². The summed E-state index contributed by atoms with van der Waals surface area (Å²) in [7, 11) is 0. The first-order valence-electron chi connectivity index (χ1n) is 12.4. The van der Waals surface area contributed by atoms with Crippen LogP contribution < -0.4 is 10.6 Å². The molecule has 2 amide bonds. The van der Waals surface area contributed by atoms with Crippen LogP contribution in [-0.2, 0) is 14.3 Å². The van der Waals surface area contributed by atoms with Crippen molar-refractivity contribution < 1.29 is 24.2 Å². The number of nitrogens with zero attached hydrogens (tertiary/aromatic N) is 1. The van der Waals surface area contributed by atoms with Gasteiger partial charge in [0.15, 0.2) is 5.78 Å². The van der Waals surface area contributed by atoms with E-state index in [9.17, 15) is 19.5 Å². The Morgan fingerprint density at radius 1 is 1.14 bits per heavy atom. The Labute approximate surface area is 216 Å². The average Bonchev–Trinajstić information content (AvgIpc) is 2.85. The maximum Gasteiger partial charge on any atom is 0.252 e. The van der Waals surface area contributed by atoms with Crippen molar-refractivity contribution in [1.29, 1.82) is 0 Å². The molecule has 8 nitrogen and oxygen atoms in total. The number of amides is 2. The van der Waals surface area contributed by atoms with Crippen LogP contribution >= 0.6 is 0 Å². The fraction of sp³-hybridized carbons (Fsp3) is 0.464. The Morgan fingerprint density at radius 3 is 2.44 bits per heavy atom. The number of hydrogen-bond acceptors (Lipinski definition) is 6. The predicted octanol–water partition coefficient (Wildman–Crippen LogP) is 5.53. The van der Waals surface area contributed by atoms with Crippen molar-refractivity contribution >= 4 is 23.8 Å². The smallest absolute Gasteiger partial charge is 0.252 e. The van der Waals surface area contributed by atoms with Crippen LogP contribution in [-0.4, -0.2) is 47.7 Å². The summed E-state index contributed by atoms with van der Waals surface area (Å²) in [6, 6.07) is 4.33. The molecule has 0 bridgehead atoms. The Bertz CT molecular complexity index is 893. The standard InChI is InChI=1S/C20H29N3O4.C8H14O/c1-4-10-23(14-24)11-6-5-9-21-13-15(2)20(27)22-18-12-17(16(3)25)7-8-19(18)26;1-4-6-8(3)9-7-5-2/h7-8,12-14,21,26H,4-6,9-11H2,1-3H3,(H,22,27);5,7H,3-4,6H2,1-2H3/b15-13+;7-5-. The summed E-state index contributed by atoms with van der Waals surface area (Å²) in [6.07, 6.45) is 10.7. The van der Waals surface area contributed by atoms with E-state index in [4.69, 9.17) is 4.74 Å². The molecule has 0 aromatic heterocycles. The molecule has 8 heteroatoms. The summed E-state index contributed by atoms with van der Waals surface area (Å²) >= 11 is 0. The number of carbonyl (C=O) groups is 3. The molecule has 0 saturated heterocycles. The molecule has 0 heterocycles. The van der Waals surface area contributed by atoms with Crippen LogP contribution in [0.5, 0.6) is 5.75 Å². The van der Waals surface area contributed by atoms with E-state index in [1.807, 2.05) is 19.9 Å². The topological polar surface area (TPSA) is 108 Å². The van der Waals surface area contributed by atoms with Gasteiger partial charge in [-0.05, 0) is 64.7 Å². The van der Waals surface area contributed by atoms with Gasteiger partial charge in [-0.2, -0.15) is 0 Å². The van der Waals surface area contributed by atoms with Gasteiger partial charge in [0.25, 0.3) is 5.91 Å². The number of phenols is 1. The van der Waals surface area contributed by atoms with Gasteiger partial charge < -0.3 is 25.4 Å². The van der Waals surface area contributed by atoms with Crippen molar-refractivity contribution in [3.05, 3.63) is 60.2 Å². The summed E-state index contributed by atoms with van der Waals surface area (Å²) < 4.78 is 5.06. The number of anilines is 1. The van der Waals surface area contributed by atoms with E-state index in [0.717, 1.165) is 57.4 Å². The number of hydrogen-bond donors (Lipinski definition) is 3. The maximum absolute atomic E-state index is 12.2. The van der Waals surface area contributed by atoms with Crippen LogP contribution in [0.3, 0.4) is 0 Å². The molecule has 0 aliphatic heterocycles. The second kappa shape index (κ2) is 19.7. The van der Waals surface area contributed by atoms with Crippen molar-refractivity contribution in [2.24, 2.45) is 0 Å². The third-order valence-corrected chi connectivity index (χ3v) is 4.90. The Balaban J connectivity index is 0.00000115. The molecule has 0 spiro atoms. The van der Waals surface area contributed by atoms with E-state index in [0.29, 0.717) is 17.7 Å². The molecule has 0 aliphatic rings. The summed E-state index contributed by atoms with van der Waals surface area (Å²) in [4.78, 5) is 36.2. The van der Waals surface area contributed by atoms with E-state index in [2.05, 4.69) is 24.1 Å². The van der Waals surface area contributed by atoms with E-state index in [1.54, 1.807) is 24.3 Å². The van der Waals surface area contributed by atoms with Gasteiger partial charge in [0.05, 0.1) is 17.7 Å². The lowest BCUT2D eigenvalue weighted by Gasteiger charge is -2.15. The third-order valence-electron chi connectivity index (χ3n) is 4.90. The highest BCUT2D eigenvalue weighted by molar-refractivity contribution is 6.05. The fourth-order valence-electron chi connectivity index (χ4n) is 2.92. The number of ether oxygens (including phenoxy) is 1. The van der Waals surface area contributed by atoms with Crippen LogP contribution in [0.2, 0.25) is 0 Å². The Hall–Kier alpha value is -3.55. The van der Waals surface area contributed by atoms with Crippen molar-refractivity contribution in [2.75, 3.05) is 25.0 Å². The minimum Gasteiger partial charge on any atom is -0.506 e. The number of carbonyl (C=O) groups excluding carboxylic acids is 3. The average molecular weight is 502 g/mol. The third kappa shape index (κ3) is 14.7. The van der Waals surface area contributed by atoms with Gasteiger partial charge in [-0.15, -0.1) is 0 Å². The Kier molecular flexibility index (Phi) is 17.8. The van der Waals surface area contributed by atoms with Crippen molar-refractivity contribution in [1.82, 2.24) is 10.2 Å². The summed E-state index contributed by atoms with van der Waals surface area (Å²) in [5.41, 5.74) is 1.06. The fourth-order valence-corrected chi connectivity index (χ4v) is 2.92. The number of Topliss-reactive ketones (excluding diaryl/α,β-unsaturated/α-hetero) is 1. The minimum absolute atomic E-state index is 0.0964. The molecule has 1 aromatic carbocycles. The maximum atomic E-state index is 12.2. The minimum atomic E-state index is -0.367. The van der Waals surface area contributed by atoms with E-state index in [1.165, 1.54) is 25.1 Å². The molecule has 36 heavy (non-hydrogen) atoms. The molecular weight excluding hydrogens is 458 g/mol. The summed E-state index contributed by atoms with van der Waals surface area (Å²) in [5.74, 6) is 0.233. The monoisotopic (exact) mass is 501 g/mol. The van der Waals surface area contributed by atoms with E-state index < -0.39 is 0 Å². The quantitative estimate of drug-likeness (QED) is 0.0687. The number of nitrogens with one attached hydrogen (secondary N) is 2.